The molecule has 0 bridgehead atoms. The Morgan fingerprint density at radius 1 is 1.54 bits per heavy atom. The van der Waals surface area contributed by atoms with Gasteiger partial charge in [0.1, 0.15) is 0 Å². The van der Waals surface area contributed by atoms with Crippen molar-refractivity contribution in [2.45, 2.75) is 45.6 Å². The van der Waals surface area contributed by atoms with E-state index in [1.807, 2.05) is 13.1 Å². The van der Waals surface area contributed by atoms with Crippen molar-refractivity contribution in [1.29, 1.82) is 0 Å². The fraction of sp³-hybridized carbons (Fsp3) is 0.700. The van der Waals surface area contributed by atoms with Gasteiger partial charge in [0, 0.05) is 17.2 Å². The summed E-state index contributed by atoms with van der Waals surface area (Å²) in [5.74, 6) is 0. The number of nitrogens with two attached hydrogens (primary N) is 1. The summed E-state index contributed by atoms with van der Waals surface area (Å²) >= 11 is 0. The average Bonchev–Trinajstić information content (AvgIpc) is 2.31. The third kappa shape index (κ3) is 2.56. The first-order chi connectivity index (χ1) is 5.91. The van der Waals surface area contributed by atoms with Gasteiger partial charge in [-0.15, -0.1) is 0 Å². The lowest BCUT2D eigenvalue weighted by Gasteiger charge is -2.18. The molecule has 1 aromatic rings. The highest BCUT2D eigenvalue weighted by Gasteiger charge is 2.20. The van der Waals surface area contributed by atoms with Crippen LogP contribution in [0.5, 0.6) is 0 Å². The predicted octanol–water partition coefficient (Wildman–Crippen LogP) is 1.60. The Kier molecular flexibility index (Phi) is 2.76. The molecule has 0 amide bonds. The Bertz CT molecular complexity index is 268. The maximum absolute atomic E-state index is 5.75. The first-order valence-electron chi connectivity index (χ1n) is 4.69. The van der Waals surface area contributed by atoms with Crippen LogP contribution in [0.2, 0.25) is 0 Å². The van der Waals surface area contributed by atoms with Gasteiger partial charge in [-0.2, -0.15) is 5.10 Å². The Balaban J connectivity index is 2.90. The van der Waals surface area contributed by atoms with Crippen LogP contribution in [0.1, 0.15) is 39.0 Å². The molecular formula is C10H19N3. The van der Waals surface area contributed by atoms with Crippen molar-refractivity contribution in [3.8, 4) is 0 Å². The molecule has 0 radical (unpaired) electrons. The Labute approximate surface area is 79.7 Å². The van der Waals surface area contributed by atoms with Crippen LogP contribution in [0.15, 0.2) is 6.20 Å². The summed E-state index contributed by atoms with van der Waals surface area (Å²) in [6, 6.07) is 0.193. The molecule has 0 saturated heterocycles. The van der Waals surface area contributed by atoms with Crippen molar-refractivity contribution in [3.05, 3.63) is 17.5 Å². The predicted molar refractivity (Wildman–Crippen MR) is 54.6 cm³/mol. The van der Waals surface area contributed by atoms with E-state index < -0.39 is 0 Å². The molecule has 0 unspecified atom stereocenters. The molecular weight excluding hydrogens is 162 g/mol. The Hall–Kier alpha value is -0.830. The van der Waals surface area contributed by atoms with E-state index in [0.717, 1.165) is 6.42 Å². The minimum atomic E-state index is 0.126. The molecule has 0 aromatic carbocycles. The summed E-state index contributed by atoms with van der Waals surface area (Å²) in [5.41, 5.74) is 8.32. The van der Waals surface area contributed by atoms with Gasteiger partial charge >= 0.3 is 0 Å². The molecule has 74 valence electrons. The summed E-state index contributed by atoms with van der Waals surface area (Å²) in [4.78, 5) is 0. The SMILES string of the molecule is C[C@@H](N)Cc1cn[nH]c1C(C)(C)C. The lowest BCUT2D eigenvalue weighted by molar-refractivity contribution is 0.556. The van der Waals surface area contributed by atoms with Gasteiger partial charge in [-0.05, 0) is 18.9 Å². The number of aromatic nitrogens is 2. The number of hydrogen-bond acceptors (Lipinski definition) is 2. The van der Waals surface area contributed by atoms with Gasteiger partial charge in [-0.3, -0.25) is 5.10 Å². The molecule has 1 heterocycles. The second-order valence-corrected chi connectivity index (χ2v) is 4.70. The maximum Gasteiger partial charge on any atom is 0.0522 e. The minimum absolute atomic E-state index is 0.126. The molecule has 0 saturated carbocycles. The Morgan fingerprint density at radius 2 is 2.15 bits per heavy atom. The van der Waals surface area contributed by atoms with Crippen LogP contribution in [0.25, 0.3) is 0 Å². The van der Waals surface area contributed by atoms with Crippen molar-refractivity contribution in [2.24, 2.45) is 5.73 Å². The number of rotatable bonds is 2. The third-order valence-electron chi connectivity index (χ3n) is 2.01. The van der Waals surface area contributed by atoms with Gasteiger partial charge in [0.2, 0.25) is 0 Å². The van der Waals surface area contributed by atoms with Crippen molar-refractivity contribution in [1.82, 2.24) is 10.2 Å². The summed E-state index contributed by atoms with van der Waals surface area (Å²) in [5, 5.41) is 7.11. The number of nitrogens with zero attached hydrogens (tertiary/aromatic N) is 1. The van der Waals surface area contributed by atoms with Gasteiger partial charge in [-0.25, -0.2) is 0 Å². The van der Waals surface area contributed by atoms with E-state index >= 15 is 0 Å². The second-order valence-electron chi connectivity index (χ2n) is 4.70. The van der Waals surface area contributed by atoms with Crippen molar-refractivity contribution >= 4 is 0 Å². The summed E-state index contributed by atoms with van der Waals surface area (Å²) in [6.45, 7) is 8.53. The first-order valence-corrected chi connectivity index (χ1v) is 4.69. The number of H-pyrrole nitrogens is 1. The standard InChI is InChI=1S/C10H19N3/c1-7(11)5-8-6-12-13-9(8)10(2,3)4/h6-7H,5,11H2,1-4H3,(H,12,13)/t7-/m1/s1. The van der Waals surface area contributed by atoms with E-state index in [1.165, 1.54) is 11.3 Å². The van der Waals surface area contributed by atoms with Crippen LogP contribution in [0.4, 0.5) is 0 Å². The molecule has 0 aliphatic rings. The van der Waals surface area contributed by atoms with E-state index in [2.05, 4.69) is 31.0 Å². The molecule has 3 nitrogen and oxygen atoms in total. The molecule has 3 N–H and O–H groups in total. The molecule has 13 heavy (non-hydrogen) atoms. The van der Waals surface area contributed by atoms with Crippen LogP contribution in [-0.2, 0) is 11.8 Å². The highest BCUT2D eigenvalue weighted by molar-refractivity contribution is 5.24. The zero-order valence-corrected chi connectivity index (χ0v) is 8.89. The normalized spacial score (nSPS) is 14.5. The number of aromatic amines is 1. The molecule has 1 rings (SSSR count). The van der Waals surface area contributed by atoms with Crippen LogP contribution >= 0.6 is 0 Å². The molecule has 0 fully saturated rings. The van der Waals surface area contributed by atoms with E-state index in [-0.39, 0.29) is 11.5 Å². The third-order valence-corrected chi connectivity index (χ3v) is 2.01. The van der Waals surface area contributed by atoms with Gasteiger partial charge < -0.3 is 5.73 Å². The van der Waals surface area contributed by atoms with E-state index in [1.54, 1.807) is 0 Å². The van der Waals surface area contributed by atoms with Gasteiger partial charge in [0.25, 0.3) is 0 Å². The van der Waals surface area contributed by atoms with Crippen molar-refractivity contribution in [2.75, 3.05) is 0 Å². The van der Waals surface area contributed by atoms with E-state index in [4.69, 9.17) is 5.73 Å². The van der Waals surface area contributed by atoms with E-state index in [0.29, 0.717) is 0 Å². The molecule has 1 atom stereocenters. The smallest absolute Gasteiger partial charge is 0.0522 e. The van der Waals surface area contributed by atoms with Gasteiger partial charge in [0.15, 0.2) is 0 Å². The molecule has 1 aromatic heterocycles. The summed E-state index contributed by atoms with van der Waals surface area (Å²) in [7, 11) is 0. The zero-order chi connectivity index (χ0) is 10.1. The topological polar surface area (TPSA) is 54.7 Å². The quantitative estimate of drug-likeness (QED) is 0.728. The van der Waals surface area contributed by atoms with Crippen LogP contribution in [0.3, 0.4) is 0 Å². The highest BCUT2D eigenvalue weighted by Crippen LogP contribution is 2.23. The largest absolute Gasteiger partial charge is 0.328 e. The number of hydrogen-bond donors (Lipinski definition) is 2. The Morgan fingerprint density at radius 3 is 2.62 bits per heavy atom. The van der Waals surface area contributed by atoms with Gasteiger partial charge in [0.05, 0.1) is 6.20 Å². The van der Waals surface area contributed by atoms with Crippen molar-refractivity contribution in [3.63, 3.8) is 0 Å². The maximum atomic E-state index is 5.75. The zero-order valence-electron chi connectivity index (χ0n) is 8.89. The second kappa shape index (κ2) is 3.50. The summed E-state index contributed by atoms with van der Waals surface area (Å²) in [6.07, 6.45) is 2.77. The van der Waals surface area contributed by atoms with Gasteiger partial charge in [-0.1, -0.05) is 20.8 Å². The lowest BCUT2D eigenvalue weighted by Crippen LogP contribution is -2.21. The number of nitrogens with one attached hydrogen (secondary N) is 1. The monoisotopic (exact) mass is 181 g/mol. The van der Waals surface area contributed by atoms with Crippen LogP contribution in [0, 0.1) is 0 Å². The van der Waals surface area contributed by atoms with Crippen LogP contribution < -0.4 is 5.73 Å². The first kappa shape index (κ1) is 10.3. The lowest BCUT2D eigenvalue weighted by atomic mass is 9.88. The highest BCUT2D eigenvalue weighted by atomic mass is 15.1. The van der Waals surface area contributed by atoms with E-state index in [9.17, 15) is 0 Å². The molecule has 3 heteroatoms. The van der Waals surface area contributed by atoms with Crippen molar-refractivity contribution < 1.29 is 0 Å². The fourth-order valence-electron chi connectivity index (χ4n) is 1.46. The average molecular weight is 181 g/mol. The summed E-state index contributed by atoms with van der Waals surface area (Å²) < 4.78 is 0. The molecule has 0 aliphatic carbocycles. The minimum Gasteiger partial charge on any atom is -0.328 e. The molecule has 0 aliphatic heterocycles. The molecule has 0 spiro atoms. The fourth-order valence-corrected chi connectivity index (χ4v) is 1.46. The van der Waals surface area contributed by atoms with Crippen LogP contribution in [-0.4, -0.2) is 16.2 Å².